The molecule has 0 radical (unpaired) electrons. The number of ketones is 1. The molecule has 0 bridgehead atoms. The first-order valence-electron chi connectivity index (χ1n) is 13.8. The molecule has 2 aromatic carbocycles. The number of hydrazone groups is 1. The van der Waals surface area contributed by atoms with Gasteiger partial charge in [-0.1, -0.05) is 74.0 Å². The third-order valence-electron chi connectivity index (χ3n) is 7.02. The van der Waals surface area contributed by atoms with Crippen LogP contribution in [0, 0.1) is 11.8 Å². The second-order valence-electron chi connectivity index (χ2n) is 10.2. The Bertz CT molecular complexity index is 1130. The number of benzene rings is 2. The molecule has 1 saturated carbocycles. The molecule has 3 rings (SSSR count). The predicted octanol–water partition coefficient (Wildman–Crippen LogP) is 2.80. The van der Waals surface area contributed by atoms with E-state index >= 15 is 0 Å². The molecule has 4 amide bonds. The van der Waals surface area contributed by atoms with Gasteiger partial charge in [0.25, 0.3) is 5.91 Å². The van der Waals surface area contributed by atoms with Gasteiger partial charge in [0.05, 0.1) is 18.6 Å². The first kappa shape index (κ1) is 30.5. The minimum Gasteiger partial charge on any atom is -0.347 e. The number of carbonyl (C=O) groups is 4. The van der Waals surface area contributed by atoms with Gasteiger partial charge in [0.15, 0.2) is 0 Å². The van der Waals surface area contributed by atoms with Crippen LogP contribution in [0.15, 0.2) is 65.8 Å². The summed E-state index contributed by atoms with van der Waals surface area (Å²) < 4.78 is 0. The lowest BCUT2D eigenvalue weighted by Crippen LogP contribution is -2.50. The molecule has 6 N–H and O–H groups in total. The standard InChI is InChI=1S/C30H40N6O4/c1-3-10-25(33-28(38)24-16-15-21(17-24)18-31)27(29(39)32-19-20(2)37)35-36-30(40)34-26(22-11-6-4-7-12-22)23-13-8-5-9-14-23/h4-9,11-14,21,24-26H,3,10,15-19,31H2,1-2H3,(H,32,39)(H,33,38)(H2,34,36,40)/t21-,24-,25?/m0/s1. The molecule has 0 saturated heterocycles. The van der Waals surface area contributed by atoms with E-state index in [0.29, 0.717) is 31.7 Å². The van der Waals surface area contributed by atoms with E-state index in [1.54, 1.807) is 0 Å². The van der Waals surface area contributed by atoms with Crippen molar-refractivity contribution in [2.75, 3.05) is 13.1 Å². The average molecular weight is 549 g/mol. The lowest BCUT2D eigenvalue weighted by Gasteiger charge is -2.23. The third-order valence-corrected chi connectivity index (χ3v) is 7.02. The molecule has 0 heterocycles. The van der Waals surface area contributed by atoms with E-state index in [-0.39, 0.29) is 29.9 Å². The molecule has 40 heavy (non-hydrogen) atoms. The van der Waals surface area contributed by atoms with Crippen LogP contribution >= 0.6 is 0 Å². The summed E-state index contributed by atoms with van der Waals surface area (Å²) in [6.07, 6.45) is 3.39. The molecule has 0 spiro atoms. The van der Waals surface area contributed by atoms with Gasteiger partial charge in [-0.25, -0.2) is 10.2 Å². The van der Waals surface area contributed by atoms with E-state index < -0.39 is 24.0 Å². The van der Waals surface area contributed by atoms with Gasteiger partial charge >= 0.3 is 6.03 Å². The number of nitrogens with one attached hydrogen (secondary N) is 4. The zero-order chi connectivity index (χ0) is 28.9. The van der Waals surface area contributed by atoms with Gasteiger partial charge in [0, 0.05) is 5.92 Å². The van der Waals surface area contributed by atoms with Crippen LogP contribution in [0.4, 0.5) is 4.79 Å². The summed E-state index contributed by atoms with van der Waals surface area (Å²) in [5, 5.41) is 12.6. The van der Waals surface area contributed by atoms with Crippen molar-refractivity contribution in [3.8, 4) is 0 Å². The fourth-order valence-corrected chi connectivity index (χ4v) is 4.89. The SMILES string of the molecule is CCCC(NC(=O)[C@H]1CC[C@H](CN)C1)C(=NNC(=O)NC(c1ccccc1)c1ccccc1)C(=O)NCC(C)=O. The van der Waals surface area contributed by atoms with Gasteiger partial charge in [0.1, 0.15) is 11.5 Å². The third kappa shape index (κ3) is 9.01. The van der Waals surface area contributed by atoms with E-state index in [4.69, 9.17) is 5.73 Å². The Balaban J connectivity index is 1.81. The molecule has 10 heteroatoms. The Kier molecular flexibility index (Phi) is 11.8. The van der Waals surface area contributed by atoms with Crippen molar-refractivity contribution in [3.05, 3.63) is 71.8 Å². The molecule has 2 aromatic rings. The maximum atomic E-state index is 13.1. The van der Waals surface area contributed by atoms with E-state index in [1.165, 1.54) is 6.92 Å². The summed E-state index contributed by atoms with van der Waals surface area (Å²) in [5.74, 6) is -0.924. The smallest absolute Gasteiger partial charge is 0.335 e. The summed E-state index contributed by atoms with van der Waals surface area (Å²) in [6.45, 7) is 3.63. The molecular formula is C30H40N6O4. The Morgan fingerprint density at radius 2 is 1.57 bits per heavy atom. The normalized spacial score (nSPS) is 17.6. The average Bonchev–Trinajstić information content (AvgIpc) is 3.45. The van der Waals surface area contributed by atoms with Crippen LogP contribution in [0.1, 0.15) is 63.1 Å². The van der Waals surface area contributed by atoms with Crippen molar-refractivity contribution in [2.24, 2.45) is 22.7 Å². The van der Waals surface area contributed by atoms with Gasteiger partial charge in [-0.2, -0.15) is 5.10 Å². The summed E-state index contributed by atoms with van der Waals surface area (Å²) >= 11 is 0. The number of nitrogens with zero attached hydrogens (tertiary/aromatic N) is 1. The Morgan fingerprint density at radius 3 is 2.10 bits per heavy atom. The topological polar surface area (TPSA) is 155 Å². The number of rotatable bonds is 13. The van der Waals surface area contributed by atoms with Crippen LogP contribution in [-0.4, -0.2) is 48.5 Å². The van der Waals surface area contributed by atoms with Crippen LogP contribution in [0.5, 0.6) is 0 Å². The van der Waals surface area contributed by atoms with Crippen molar-refractivity contribution in [1.29, 1.82) is 0 Å². The van der Waals surface area contributed by atoms with Gasteiger partial charge in [-0.3, -0.25) is 14.4 Å². The molecule has 0 aromatic heterocycles. The number of Topliss-reactive ketones (excluding diaryl/α,β-unsaturated/α-hetero) is 1. The van der Waals surface area contributed by atoms with Gasteiger partial charge in [0.2, 0.25) is 5.91 Å². The fraction of sp³-hybridized carbons (Fsp3) is 0.433. The maximum Gasteiger partial charge on any atom is 0.335 e. The predicted molar refractivity (Wildman–Crippen MR) is 154 cm³/mol. The van der Waals surface area contributed by atoms with Gasteiger partial charge < -0.3 is 21.7 Å². The zero-order valence-electron chi connectivity index (χ0n) is 23.2. The van der Waals surface area contributed by atoms with Crippen LogP contribution in [0.25, 0.3) is 0 Å². The molecule has 1 aliphatic carbocycles. The molecule has 1 unspecified atom stereocenters. The highest BCUT2D eigenvalue weighted by molar-refractivity contribution is 6.41. The highest BCUT2D eigenvalue weighted by Gasteiger charge is 2.32. The van der Waals surface area contributed by atoms with Crippen LogP contribution in [0.3, 0.4) is 0 Å². The van der Waals surface area contributed by atoms with Crippen molar-refractivity contribution in [1.82, 2.24) is 21.4 Å². The van der Waals surface area contributed by atoms with E-state index in [2.05, 4.69) is 26.5 Å². The minimum absolute atomic E-state index is 0.0732. The highest BCUT2D eigenvalue weighted by atomic mass is 16.2. The van der Waals surface area contributed by atoms with Crippen molar-refractivity contribution >= 4 is 29.3 Å². The molecular weight excluding hydrogens is 508 g/mol. The number of urea groups is 1. The minimum atomic E-state index is -0.749. The largest absolute Gasteiger partial charge is 0.347 e. The molecule has 1 aliphatic rings. The lowest BCUT2D eigenvalue weighted by molar-refractivity contribution is -0.125. The highest BCUT2D eigenvalue weighted by Crippen LogP contribution is 2.30. The zero-order valence-corrected chi connectivity index (χ0v) is 23.2. The van der Waals surface area contributed by atoms with Crippen LogP contribution in [0.2, 0.25) is 0 Å². The summed E-state index contributed by atoms with van der Waals surface area (Å²) in [4.78, 5) is 50.8. The Hall–Kier alpha value is -4.05. The Morgan fingerprint density at radius 1 is 0.950 bits per heavy atom. The van der Waals surface area contributed by atoms with E-state index in [9.17, 15) is 19.2 Å². The maximum absolute atomic E-state index is 13.1. The van der Waals surface area contributed by atoms with Crippen molar-refractivity contribution < 1.29 is 19.2 Å². The fourth-order valence-electron chi connectivity index (χ4n) is 4.89. The molecule has 1 fully saturated rings. The first-order valence-corrected chi connectivity index (χ1v) is 13.8. The number of amides is 4. The quantitative estimate of drug-likeness (QED) is 0.192. The second kappa shape index (κ2) is 15.5. The summed E-state index contributed by atoms with van der Waals surface area (Å²) in [5.41, 5.74) is 9.90. The number of nitrogens with two attached hydrogens (primary N) is 1. The van der Waals surface area contributed by atoms with Crippen molar-refractivity contribution in [3.63, 3.8) is 0 Å². The summed E-state index contributed by atoms with van der Waals surface area (Å²) in [7, 11) is 0. The first-order chi connectivity index (χ1) is 19.3. The molecule has 3 atom stereocenters. The van der Waals surface area contributed by atoms with E-state index in [0.717, 1.165) is 24.0 Å². The lowest BCUT2D eigenvalue weighted by atomic mass is 9.99. The van der Waals surface area contributed by atoms with Crippen LogP contribution in [-0.2, 0) is 14.4 Å². The van der Waals surface area contributed by atoms with Gasteiger partial charge in [-0.15, -0.1) is 0 Å². The molecule has 10 nitrogen and oxygen atoms in total. The van der Waals surface area contributed by atoms with Gasteiger partial charge in [-0.05, 0) is 56.2 Å². The van der Waals surface area contributed by atoms with E-state index in [1.807, 2.05) is 67.6 Å². The van der Waals surface area contributed by atoms with Crippen molar-refractivity contribution in [2.45, 2.75) is 58.0 Å². The number of hydrogen-bond acceptors (Lipinski definition) is 6. The van der Waals surface area contributed by atoms with Crippen LogP contribution < -0.4 is 27.1 Å². The monoisotopic (exact) mass is 548 g/mol. The Labute approximate surface area is 235 Å². The molecule has 214 valence electrons. The number of hydrogen-bond donors (Lipinski definition) is 5. The second-order valence-corrected chi connectivity index (χ2v) is 10.2. The number of carbonyl (C=O) groups excluding carboxylic acids is 4. The molecule has 0 aliphatic heterocycles. The summed E-state index contributed by atoms with van der Waals surface area (Å²) in [6, 6.07) is 17.1.